The minimum Gasteiger partial charge on any atom is -0.475 e. The lowest BCUT2D eigenvalue weighted by Crippen LogP contribution is -2.11. The molecule has 30 heavy (non-hydrogen) atoms. The first-order valence-electron chi connectivity index (χ1n) is 9.23. The van der Waals surface area contributed by atoms with Crippen molar-refractivity contribution in [2.75, 3.05) is 13.2 Å². The quantitative estimate of drug-likeness (QED) is 0.426. The van der Waals surface area contributed by atoms with Gasteiger partial charge in [-0.2, -0.15) is 0 Å². The van der Waals surface area contributed by atoms with E-state index in [2.05, 4.69) is 24.9 Å². The molecule has 3 aromatic heterocycles. The van der Waals surface area contributed by atoms with E-state index in [1.807, 2.05) is 6.07 Å². The zero-order valence-corrected chi connectivity index (χ0v) is 15.8. The molecule has 0 atom stereocenters. The Kier molecular flexibility index (Phi) is 5.59. The van der Waals surface area contributed by atoms with E-state index in [-0.39, 0.29) is 12.2 Å². The van der Waals surface area contributed by atoms with Crippen molar-refractivity contribution >= 4 is 11.0 Å². The first-order chi connectivity index (χ1) is 14.6. The lowest BCUT2D eigenvalue weighted by molar-refractivity contribution is 0.146. The fourth-order valence-corrected chi connectivity index (χ4v) is 3.00. The van der Waals surface area contributed by atoms with Crippen LogP contribution in [0.5, 0.6) is 5.88 Å². The molecule has 0 aliphatic carbocycles. The number of aromatic nitrogens is 5. The van der Waals surface area contributed by atoms with Crippen molar-refractivity contribution in [3.05, 3.63) is 54.1 Å². The van der Waals surface area contributed by atoms with Crippen LogP contribution in [-0.2, 0) is 6.54 Å². The van der Waals surface area contributed by atoms with E-state index >= 15 is 0 Å². The van der Waals surface area contributed by atoms with Crippen molar-refractivity contribution in [1.29, 1.82) is 0 Å². The average Bonchev–Trinajstić information content (AvgIpc) is 3.22. The van der Waals surface area contributed by atoms with Crippen molar-refractivity contribution in [1.82, 2.24) is 24.9 Å². The van der Waals surface area contributed by atoms with Crippen molar-refractivity contribution in [3.8, 4) is 28.5 Å². The molecular weight excluding hydrogens is 392 g/mol. The van der Waals surface area contributed by atoms with Crippen LogP contribution < -0.4 is 16.2 Å². The minimum atomic E-state index is -2.67. The summed E-state index contributed by atoms with van der Waals surface area (Å²) in [5, 5.41) is 0. The van der Waals surface area contributed by atoms with E-state index in [4.69, 9.17) is 16.2 Å². The number of ether oxygens (including phenoxy) is 1. The van der Waals surface area contributed by atoms with E-state index in [0.717, 1.165) is 0 Å². The molecule has 0 unspecified atom stereocenters. The largest absolute Gasteiger partial charge is 0.475 e. The van der Waals surface area contributed by atoms with Gasteiger partial charge in [-0.1, -0.05) is 12.1 Å². The zero-order valence-electron chi connectivity index (χ0n) is 15.8. The van der Waals surface area contributed by atoms with E-state index in [9.17, 15) is 8.78 Å². The maximum absolute atomic E-state index is 13.1. The molecule has 0 aliphatic heterocycles. The first-order valence-corrected chi connectivity index (χ1v) is 9.23. The third-order valence-corrected chi connectivity index (χ3v) is 4.36. The standard InChI is InChI=1S/C20H19F2N7O/c21-20(22)14-3-1-2-13(26-14)19-18(28-16(9-24)29-19)11-4-5-12-15(8-11)27-17(10-25-12)30-7-6-23/h1-5,8,10,20H,6-7,9,23-24H2,(H,28,29). The molecule has 0 fully saturated rings. The number of nitrogens with one attached hydrogen (secondary N) is 1. The summed E-state index contributed by atoms with van der Waals surface area (Å²) in [6.45, 7) is 0.852. The predicted octanol–water partition coefficient (Wildman–Crippen LogP) is 2.82. The average molecular weight is 411 g/mol. The van der Waals surface area contributed by atoms with E-state index in [1.54, 1.807) is 18.2 Å². The Balaban J connectivity index is 1.81. The lowest BCUT2D eigenvalue weighted by atomic mass is 10.1. The number of pyridine rings is 1. The Morgan fingerprint density at radius 3 is 2.67 bits per heavy atom. The van der Waals surface area contributed by atoms with Gasteiger partial charge in [0, 0.05) is 12.1 Å². The molecule has 10 heteroatoms. The van der Waals surface area contributed by atoms with Crippen LogP contribution >= 0.6 is 0 Å². The SMILES string of the molecule is NCCOc1cnc2ccc(-c3nc(CN)[nH]c3-c3cccc(C(F)F)n3)cc2n1. The second-order valence-electron chi connectivity index (χ2n) is 6.41. The summed E-state index contributed by atoms with van der Waals surface area (Å²) in [4.78, 5) is 20.4. The molecule has 0 spiro atoms. The number of H-pyrrole nitrogens is 1. The van der Waals surface area contributed by atoms with Gasteiger partial charge in [0.25, 0.3) is 6.43 Å². The van der Waals surface area contributed by atoms with Crippen molar-refractivity contribution < 1.29 is 13.5 Å². The van der Waals surface area contributed by atoms with Gasteiger partial charge < -0.3 is 21.2 Å². The van der Waals surface area contributed by atoms with Crippen LogP contribution in [-0.4, -0.2) is 38.1 Å². The topological polar surface area (TPSA) is 129 Å². The number of fused-ring (bicyclic) bond motifs is 1. The number of nitrogens with zero attached hydrogens (tertiary/aromatic N) is 4. The van der Waals surface area contributed by atoms with Crippen LogP contribution in [0.2, 0.25) is 0 Å². The third-order valence-electron chi connectivity index (χ3n) is 4.36. The Bertz CT molecular complexity index is 1180. The maximum atomic E-state index is 13.1. The summed E-state index contributed by atoms with van der Waals surface area (Å²) in [5.74, 6) is 0.872. The second kappa shape index (κ2) is 8.47. The molecule has 3 heterocycles. The molecule has 0 radical (unpaired) electrons. The van der Waals surface area contributed by atoms with Gasteiger partial charge in [0.2, 0.25) is 5.88 Å². The maximum Gasteiger partial charge on any atom is 0.280 e. The van der Waals surface area contributed by atoms with Crippen LogP contribution in [0.4, 0.5) is 8.78 Å². The summed E-state index contributed by atoms with van der Waals surface area (Å²) >= 11 is 0. The normalized spacial score (nSPS) is 11.4. The first kappa shape index (κ1) is 19.8. The molecule has 4 rings (SSSR count). The number of rotatable bonds is 7. The molecule has 0 saturated heterocycles. The highest BCUT2D eigenvalue weighted by Crippen LogP contribution is 2.31. The van der Waals surface area contributed by atoms with E-state index < -0.39 is 6.43 Å². The number of nitrogens with two attached hydrogens (primary N) is 2. The monoisotopic (exact) mass is 411 g/mol. The number of benzene rings is 1. The van der Waals surface area contributed by atoms with Gasteiger partial charge in [-0.15, -0.1) is 0 Å². The van der Waals surface area contributed by atoms with Crippen LogP contribution in [0.25, 0.3) is 33.7 Å². The summed E-state index contributed by atoms with van der Waals surface area (Å²) in [7, 11) is 0. The van der Waals surface area contributed by atoms with E-state index in [0.29, 0.717) is 58.5 Å². The number of imidazole rings is 1. The minimum absolute atomic E-state index is 0.159. The third kappa shape index (κ3) is 3.95. The van der Waals surface area contributed by atoms with Crippen LogP contribution in [0, 0.1) is 0 Å². The second-order valence-corrected chi connectivity index (χ2v) is 6.41. The molecular formula is C20H19F2N7O. The highest BCUT2D eigenvalue weighted by atomic mass is 19.3. The van der Waals surface area contributed by atoms with Gasteiger partial charge in [-0.05, 0) is 24.3 Å². The molecule has 0 bridgehead atoms. The molecule has 8 nitrogen and oxygen atoms in total. The Morgan fingerprint density at radius 1 is 1.03 bits per heavy atom. The summed E-state index contributed by atoms with van der Waals surface area (Å²) < 4.78 is 31.7. The Labute approximate surface area is 170 Å². The fraction of sp³-hybridized carbons (Fsp3) is 0.200. The number of halogens is 2. The number of alkyl halides is 2. The van der Waals surface area contributed by atoms with Gasteiger partial charge >= 0.3 is 0 Å². The van der Waals surface area contributed by atoms with Crippen molar-refractivity contribution in [2.24, 2.45) is 11.5 Å². The van der Waals surface area contributed by atoms with Gasteiger partial charge in [0.1, 0.15) is 18.1 Å². The molecule has 4 aromatic rings. The summed E-state index contributed by atoms with van der Waals surface area (Å²) in [6.07, 6.45) is -1.14. The predicted molar refractivity (Wildman–Crippen MR) is 108 cm³/mol. The zero-order chi connectivity index (χ0) is 21.1. The summed E-state index contributed by atoms with van der Waals surface area (Å²) in [6, 6.07) is 9.88. The van der Waals surface area contributed by atoms with E-state index in [1.165, 1.54) is 18.3 Å². The molecule has 1 aromatic carbocycles. The molecule has 154 valence electrons. The summed E-state index contributed by atoms with van der Waals surface area (Å²) in [5.41, 5.74) is 14.3. The highest BCUT2D eigenvalue weighted by Gasteiger charge is 2.18. The number of hydrogen-bond donors (Lipinski definition) is 3. The van der Waals surface area contributed by atoms with Crippen molar-refractivity contribution in [2.45, 2.75) is 13.0 Å². The van der Waals surface area contributed by atoms with Gasteiger partial charge in [0.05, 0.1) is 40.9 Å². The lowest BCUT2D eigenvalue weighted by Gasteiger charge is -2.07. The van der Waals surface area contributed by atoms with Gasteiger partial charge in [-0.3, -0.25) is 0 Å². The Hall–Kier alpha value is -3.50. The van der Waals surface area contributed by atoms with Crippen molar-refractivity contribution in [3.63, 3.8) is 0 Å². The Morgan fingerprint density at radius 2 is 1.90 bits per heavy atom. The van der Waals surface area contributed by atoms with Crippen LogP contribution in [0.1, 0.15) is 17.9 Å². The highest BCUT2D eigenvalue weighted by molar-refractivity contribution is 5.85. The fourth-order valence-electron chi connectivity index (χ4n) is 3.00. The number of aromatic amines is 1. The smallest absolute Gasteiger partial charge is 0.280 e. The molecule has 5 N–H and O–H groups in total. The molecule has 0 saturated carbocycles. The van der Waals surface area contributed by atoms with Crippen LogP contribution in [0.15, 0.2) is 42.6 Å². The molecule has 0 amide bonds. The van der Waals surface area contributed by atoms with Gasteiger partial charge in [0.15, 0.2) is 0 Å². The van der Waals surface area contributed by atoms with Gasteiger partial charge in [-0.25, -0.2) is 28.7 Å². The molecule has 0 aliphatic rings. The number of hydrogen-bond acceptors (Lipinski definition) is 7. The van der Waals surface area contributed by atoms with Crippen LogP contribution in [0.3, 0.4) is 0 Å².